The lowest BCUT2D eigenvalue weighted by Gasteiger charge is -2.37. The lowest BCUT2D eigenvalue weighted by Crippen LogP contribution is -2.41. The fraction of sp³-hybridized carbons (Fsp3) is 0.385. The Morgan fingerprint density at radius 1 is 0.938 bits per heavy atom. The summed E-state index contributed by atoms with van der Waals surface area (Å²) in [5, 5.41) is 1.62. The van der Waals surface area contributed by atoms with Crippen molar-refractivity contribution in [3.63, 3.8) is 0 Å². The third-order valence-electron chi connectivity index (χ3n) is 5.37. The second-order valence-electron chi connectivity index (χ2n) is 9.11. The van der Waals surface area contributed by atoms with Crippen molar-refractivity contribution in [2.75, 3.05) is 5.75 Å². The van der Waals surface area contributed by atoms with Crippen molar-refractivity contribution < 1.29 is 18.1 Å². The predicted octanol–water partition coefficient (Wildman–Crippen LogP) is 7.40. The number of unbranched alkanes of at least 4 members (excludes halogenated alkanes) is 1. The van der Waals surface area contributed by atoms with Gasteiger partial charge in [-0.15, -0.1) is 0 Å². The Hall–Kier alpha value is -2.31. The Kier molecular flexibility index (Phi) is 9.78. The molecular weight excluding hydrogens is 436 g/mol. The Morgan fingerprint density at radius 2 is 1.50 bits per heavy atom. The summed E-state index contributed by atoms with van der Waals surface area (Å²) >= 11 is 0. The number of ether oxygens (including phenoxy) is 2. The van der Waals surface area contributed by atoms with Crippen molar-refractivity contribution in [1.82, 2.24) is 0 Å². The summed E-state index contributed by atoms with van der Waals surface area (Å²) < 4.78 is 31.5. The van der Waals surface area contributed by atoms with E-state index in [0.717, 1.165) is 12.8 Å². The first-order valence-corrected chi connectivity index (χ1v) is 15.3. The van der Waals surface area contributed by atoms with Crippen molar-refractivity contribution in [3.05, 3.63) is 83.9 Å². The Bertz CT molecular complexity index is 916. The van der Waals surface area contributed by atoms with Crippen LogP contribution in [0.4, 0.5) is 0 Å². The van der Waals surface area contributed by atoms with E-state index >= 15 is 0 Å². The molecule has 32 heavy (non-hydrogen) atoms. The summed E-state index contributed by atoms with van der Waals surface area (Å²) in [6.45, 7) is 12.9. The highest BCUT2D eigenvalue weighted by atomic mass is 32.2. The van der Waals surface area contributed by atoms with Gasteiger partial charge in [0, 0.05) is 22.0 Å². The number of benzene rings is 2. The molecule has 2 rings (SSSR count). The highest BCUT2D eigenvalue weighted by Gasteiger charge is 2.40. The van der Waals surface area contributed by atoms with Crippen molar-refractivity contribution in [2.45, 2.75) is 58.7 Å². The molecule has 0 aliphatic carbocycles. The van der Waals surface area contributed by atoms with Gasteiger partial charge in [-0.05, 0) is 48.8 Å². The van der Waals surface area contributed by atoms with E-state index < -0.39 is 19.1 Å². The topological polar surface area (TPSA) is 44.8 Å². The standard InChI is InChI=1S/C26H36O4SSi/c1-7-8-19-31(27)21-25(29-23-17-13-10-14-18-23)24(30-32(5,6)26(2,3)4)20-28-22-15-11-9-12-16-22/h9-18,20-21H,7-8,19H2,1-6H3/b24-20-,25-21-. The smallest absolute Gasteiger partial charge is 0.250 e. The quantitative estimate of drug-likeness (QED) is 0.194. The molecule has 0 aliphatic heterocycles. The number of hydrogen-bond donors (Lipinski definition) is 0. The van der Waals surface area contributed by atoms with E-state index in [0.29, 0.717) is 28.8 Å². The largest absolute Gasteiger partial charge is 0.539 e. The van der Waals surface area contributed by atoms with Crippen LogP contribution >= 0.6 is 0 Å². The predicted molar refractivity (Wildman–Crippen MR) is 137 cm³/mol. The lowest BCUT2D eigenvalue weighted by molar-refractivity contribution is 0.311. The summed E-state index contributed by atoms with van der Waals surface area (Å²) in [5.41, 5.74) is 0. The molecule has 0 saturated heterocycles. The van der Waals surface area contributed by atoms with Gasteiger partial charge in [0.05, 0.1) is 0 Å². The van der Waals surface area contributed by atoms with Crippen LogP contribution in [0, 0.1) is 0 Å². The molecule has 0 fully saturated rings. The Labute approximate surface area is 196 Å². The van der Waals surface area contributed by atoms with E-state index in [9.17, 15) is 4.21 Å². The Morgan fingerprint density at radius 3 is 2.03 bits per heavy atom. The van der Waals surface area contributed by atoms with Gasteiger partial charge in [-0.25, -0.2) is 0 Å². The Balaban J connectivity index is 2.47. The van der Waals surface area contributed by atoms with Crippen molar-refractivity contribution in [1.29, 1.82) is 0 Å². The van der Waals surface area contributed by atoms with Crippen LogP contribution < -0.4 is 9.47 Å². The summed E-state index contributed by atoms with van der Waals surface area (Å²) in [5.74, 6) is 2.77. The van der Waals surface area contributed by atoms with Gasteiger partial charge >= 0.3 is 0 Å². The molecule has 2 aromatic carbocycles. The molecular formula is C26H36O4SSi. The van der Waals surface area contributed by atoms with Crippen LogP contribution in [0.3, 0.4) is 0 Å². The molecule has 0 N–H and O–H groups in total. The average molecular weight is 473 g/mol. The first-order chi connectivity index (χ1) is 15.1. The number of rotatable bonds is 11. The van der Waals surface area contributed by atoms with Crippen LogP contribution in [0.2, 0.25) is 18.1 Å². The third kappa shape index (κ3) is 8.32. The monoisotopic (exact) mass is 472 g/mol. The minimum absolute atomic E-state index is 0.0297. The van der Waals surface area contributed by atoms with Crippen LogP contribution in [-0.2, 0) is 15.2 Å². The van der Waals surface area contributed by atoms with Gasteiger partial charge < -0.3 is 13.9 Å². The summed E-state index contributed by atoms with van der Waals surface area (Å²) in [7, 11) is -3.42. The van der Waals surface area contributed by atoms with E-state index in [2.05, 4.69) is 40.8 Å². The van der Waals surface area contributed by atoms with Crippen molar-refractivity contribution in [3.8, 4) is 11.5 Å². The third-order valence-corrected chi connectivity index (χ3v) is 10.9. The first-order valence-electron chi connectivity index (χ1n) is 11.1. The summed E-state index contributed by atoms with van der Waals surface area (Å²) in [6, 6.07) is 19.0. The van der Waals surface area contributed by atoms with Gasteiger partial charge in [-0.1, -0.05) is 70.5 Å². The maximum atomic E-state index is 12.8. The zero-order chi connectivity index (χ0) is 23.6. The van der Waals surface area contributed by atoms with Crippen molar-refractivity contribution >= 4 is 19.1 Å². The zero-order valence-electron chi connectivity index (χ0n) is 20.1. The van der Waals surface area contributed by atoms with Crippen LogP contribution in [0.25, 0.3) is 0 Å². The molecule has 6 heteroatoms. The average Bonchev–Trinajstić information content (AvgIpc) is 2.75. The van der Waals surface area contributed by atoms with E-state index in [1.807, 2.05) is 60.7 Å². The number of para-hydroxylation sites is 2. The van der Waals surface area contributed by atoms with E-state index in [4.69, 9.17) is 13.9 Å². The van der Waals surface area contributed by atoms with Crippen LogP contribution in [0.5, 0.6) is 11.5 Å². The molecule has 1 unspecified atom stereocenters. The molecule has 0 radical (unpaired) electrons. The molecule has 0 saturated carbocycles. The van der Waals surface area contributed by atoms with Gasteiger partial charge in [0.1, 0.15) is 17.8 Å². The van der Waals surface area contributed by atoms with E-state index in [1.54, 1.807) is 11.7 Å². The summed E-state index contributed by atoms with van der Waals surface area (Å²) in [4.78, 5) is 0. The first kappa shape index (κ1) is 25.9. The fourth-order valence-corrected chi connectivity index (χ4v) is 4.49. The van der Waals surface area contributed by atoms with Crippen LogP contribution in [-0.4, -0.2) is 18.3 Å². The van der Waals surface area contributed by atoms with Gasteiger partial charge in [-0.3, -0.25) is 4.21 Å². The highest BCUT2D eigenvalue weighted by Crippen LogP contribution is 2.39. The SMILES string of the molecule is CCCCS(=O)/C=C(Oc1ccccc1)/C(=C/Oc1ccccc1)O[Si](C)(C)C(C)(C)C. The minimum atomic E-state index is -2.23. The molecule has 1 atom stereocenters. The highest BCUT2D eigenvalue weighted by molar-refractivity contribution is 7.87. The lowest BCUT2D eigenvalue weighted by atomic mass is 10.2. The molecule has 0 aromatic heterocycles. The van der Waals surface area contributed by atoms with Gasteiger partial charge in [0.2, 0.25) is 0 Å². The maximum absolute atomic E-state index is 12.8. The van der Waals surface area contributed by atoms with Crippen molar-refractivity contribution in [2.24, 2.45) is 0 Å². The molecule has 174 valence electrons. The molecule has 0 spiro atoms. The van der Waals surface area contributed by atoms with E-state index in [-0.39, 0.29) is 5.04 Å². The molecule has 0 bridgehead atoms. The van der Waals surface area contributed by atoms with Gasteiger partial charge in [0.15, 0.2) is 11.5 Å². The number of hydrogen-bond acceptors (Lipinski definition) is 4. The van der Waals surface area contributed by atoms with Crippen LogP contribution in [0.1, 0.15) is 40.5 Å². The normalized spacial score (nSPS) is 14.1. The van der Waals surface area contributed by atoms with E-state index in [1.165, 1.54) is 0 Å². The second-order valence-corrected chi connectivity index (χ2v) is 15.2. The van der Waals surface area contributed by atoms with Gasteiger partial charge in [0.25, 0.3) is 8.32 Å². The zero-order valence-corrected chi connectivity index (χ0v) is 21.9. The molecule has 2 aromatic rings. The second kappa shape index (κ2) is 12.1. The molecule has 0 heterocycles. The molecule has 4 nitrogen and oxygen atoms in total. The fourth-order valence-electron chi connectivity index (χ4n) is 2.39. The minimum Gasteiger partial charge on any atom is -0.539 e. The summed E-state index contributed by atoms with van der Waals surface area (Å²) in [6.07, 6.45) is 3.43. The maximum Gasteiger partial charge on any atom is 0.250 e. The molecule has 0 aliphatic rings. The molecule has 0 amide bonds. The van der Waals surface area contributed by atoms with Gasteiger partial charge in [-0.2, -0.15) is 0 Å². The van der Waals surface area contributed by atoms with Crippen LogP contribution in [0.15, 0.2) is 83.9 Å².